The van der Waals surface area contributed by atoms with Gasteiger partial charge in [0.05, 0.1) is 32.7 Å². The van der Waals surface area contributed by atoms with Crippen molar-refractivity contribution in [1.82, 2.24) is 24.8 Å². The van der Waals surface area contributed by atoms with E-state index in [0.29, 0.717) is 78.1 Å². The van der Waals surface area contributed by atoms with Crippen LogP contribution < -0.4 is 32.3 Å². The summed E-state index contributed by atoms with van der Waals surface area (Å²) in [5.74, 6) is 0.766. The van der Waals surface area contributed by atoms with Gasteiger partial charge in [0.25, 0.3) is 29.5 Å². The fraction of sp³-hybridized carbons (Fsp3) is 0.245. The molecule has 20 nitrogen and oxygen atoms in total. The van der Waals surface area contributed by atoms with Gasteiger partial charge in [-0.3, -0.25) is 28.8 Å². The fourth-order valence-electron chi connectivity index (χ4n) is 14.2. The molecule has 11 aromatic rings. The molecular weight excluding hydrogens is 1580 g/mol. The highest BCUT2D eigenvalue weighted by molar-refractivity contribution is 7.98. The molecule has 0 bridgehead atoms. The number of amides is 6. The van der Waals surface area contributed by atoms with Gasteiger partial charge in [0.2, 0.25) is 11.7 Å². The second-order valence-electron chi connectivity index (χ2n) is 28.6. The lowest BCUT2D eigenvalue weighted by molar-refractivity contribution is -0.111. The average Bonchev–Trinajstić information content (AvgIpc) is 1.61. The molecule has 0 fully saturated rings. The minimum atomic E-state index is -0.870. The summed E-state index contributed by atoms with van der Waals surface area (Å²) >= 11 is 10.5. The third-order valence-corrected chi connectivity index (χ3v) is 22.3. The van der Waals surface area contributed by atoms with Gasteiger partial charge in [-0.1, -0.05) is 136 Å². The van der Waals surface area contributed by atoms with Crippen LogP contribution in [0.5, 0.6) is 17.4 Å². The Morgan fingerprint density at radius 2 is 1.06 bits per heavy atom. The molecule has 12 N–H and O–H groups in total. The number of aromatic hydroxyl groups is 3. The first-order chi connectivity index (χ1) is 55.5. The Labute approximate surface area is 712 Å². The zero-order valence-electron chi connectivity index (χ0n) is 66.4. The van der Waals surface area contributed by atoms with E-state index in [1.807, 2.05) is 155 Å². The third kappa shape index (κ3) is 21.0. The number of para-hydroxylation sites is 3. The molecule has 622 valence electrons. The summed E-state index contributed by atoms with van der Waals surface area (Å²) in [6, 6.07) is 44.4. The minimum absolute atomic E-state index is 0. The molecule has 6 amide bonds. The number of halogens is 2. The van der Waals surface area contributed by atoms with Gasteiger partial charge in [0.1, 0.15) is 17.3 Å². The SMILES string of the molecule is C.C.C.CC(C)c1cc(C=C2C(=O)Nc3ccccc32)cc(C(C)C)c1O.CCN(CC)CCNC(=O)c1c(C)[nH]c(/C=C2\C(=O)Nc3ccc(F)cc32)c1C.CSCc1cc(C=C2C(=O)Nc3ccccc32)cc(CSC)c1O.Cc1cc(C)c(/C=C2\C(=O)Nc3ccccc32)[nH]1.NC(=O)n1c(O)c(C(=O)c2cccs2)c2cc(Cl)ccc21. The minimum Gasteiger partial charge on any atom is -0.507 e. The normalized spacial score (nSPS) is 13.9. The second-order valence-corrected chi connectivity index (χ2v) is 31.7. The van der Waals surface area contributed by atoms with E-state index in [4.69, 9.17) is 17.3 Å². The van der Waals surface area contributed by atoms with E-state index in [9.17, 15) is 53.3 Å². The highest BCUT2D eigenvalue weighted by Gasteiger charge is 2.31. The number of nitrogens with zero attached hydrogens (tertiary/aromatic N) is 2. The molecule has 0 radical (unpaired) electrons. The highest BCUT2D eigenvalue weighted by atomic mass is 35.5. The van der Waals surface area contributed by atoms with Crippen molar-refractivity contribution >= 4 is 168 Å². The number of nitrogens with one attached hydrogen (secondary N) is 7. The highest BCUT2D eigenvalue weighted by Crippen LogP contribution is 2.42. The maximum absolute atomic E-state index is 13.7. The molecule has 8 heterocycles. The maximum Gasteiger partial charge on any atom is 0.326 e. The zero-order chi connectivity index (χ0) is 83.5. The molecule has 0 spiro atoms. The number of aromatic nitrogens is 3. The average molecular weight is 1680 g/mol. The summed E-state index contributed by atoms with van der Waals surface area (Å²) in [7, 11) is 0. The van der Waals surface area contributed by atoms with Crippen LogP contribution in [0.25, 0.3) is 57.5 Å². The number of phenols is 2. The Bertz CT molecular complexity index is 5730. The lowest BCUT2D eigenvalue weighted by Crippen LogP contribution is -2.35. The number of primary amides is 1. The summed E-state index contributed by atoms with van der Waals surface area (Å²) in [4.78, 5) is 94.8. The van der Waals surface area contributed by atoms with Crippen molar-refractivity contribution in [2.45, 2.75) is 115 Å². The number of benzene rings is 7. The van der Waals surface area contributed by atoms with Crippen molar-refractivity contribution < 1.29 is 53.3 Å². The van der Waals surface area contributed by atoms with Gasteiger partial charge >= 0.3 is 6.03 Å². The number of nitrogens with two attached hydrogens (primary N) is 1. The van der Waals surface area contributed by atoms with Crippen LogP contribution in [0.2, 0.25) is 5.02 Å². The summed E-state index contributed by atoms with van der Waals surface area (Å²) < 4.78 is 14.5. The summed E-state index contributed by atoms with van der Waals surface area (Å²) in [5, 5.41) is 48.1. The van der Waals surface area contributed by atoms with Crippen molar-refractivity contribution in [2.75, 3.05) is 60.0 Å². The van der Waals surface area contributed by atoms with Crippen LogP contribution >= 0.6 is 46.5 Å². The number of aromatic amines is 2. The van der Waals surface area contributed by atoms with Crippen molar-refractivity contribution in [3.05, 3.63) is 273 Å². The number of ketones is 1. The van der Waals surface area contributed by atoms with Gasteiger partial charge < -0.3 is 62.5 Å². The van der Waals surface area contributed by atoms with Crippen LogP contribution in [0.4, 0.5) is 31.9 Å². The Kier molecular flexibility index (Phi) is 31.9. The third-order valence-electron chi connectivity index (χ3n) is 20.0. The molecule has 25 heteroatoms. The number of phenolic OH excluding ortho intramolecular Hbond substituents is 2. The van der Waals surface area contributed by atoms with E-state index >= 15 is 0 Å². The van der Waals surface area contributed by atoms with Crippen LogP contribution in [0, 0.1) is 33.5 Å². The molecule has 7 aromatic carbocycles. The van der Waals surface area contributed by atoms with E-state index in [0.717, 1.165) is 137 Å². The van der Waals surface area contributed by atoms with Crippen LogP contribution in [0.3, 0.4) is 0 Å². The van der Waals surface area contributed by atoms with Gasteiger partial charge in [-0.15, -0.1) is 11.3 Å². The molecular formula is C94H104ClFN10O10S3. The maximum atomic E-state index is 13.7. The van der Waals surface area contributed by atoms with Crippen LogP contribution in [-0.4, -0.2) is 115 Å². The van der Waals surface area contributed by atoms with E-state index < -0.39 is 17.7 Å². The lowest BCUT2D eigenvalue weighted by Gasteiger charge is -2.18. The van der Waals surface area contributed by atoms with Crippen molar-refractivity contribution in [3.8, 4) is 17.4 Å². The molecule has 0 atom stereocenters. The van der Waals surface area contributed by atoms with Crippen molar-refractivity contribution in [3.63, 3.8) is 0 Å². The van der Waals surface area contributed by atoms with Crippen molar-refractivity contribution in [2.24, 2.45) is 5.73 Å². The number of thiophene rings is 1. The molecule has 4 aliphatic rings. The molecule has 15 rings (SSSR count). The van der Waals surface area contributed by atoms with E-state index in [1.165, 1.54) is 35.6 Å². The summed E-state index contributed by atoms with van der Waals surface area (Å²) in [6.45, 7) is 23.4. The van der Waals surface area contributed by atoms with Gasteiger partial charge in [0, 0.05) is 125 Å². The molecule has 119 heavy (non-hydrogen) atoms. The number of fused-ring (bicyclic) bond motifs is 5. The van der Waals surface area contributed by atoms with Gasteiger partial charge in [-0.25, -0.2) is 13.8 Å². The molecule has 4 aliphatic heterocycles. The number of carbonyl (C=O) groups is 7. The number of thioether (sulfide) groups is 2. The quantitative estimate of drug-likeness (QED) is 0.0282. The zero-order valence-corrected chi connectivity index (χ0v) is 69.6. The Hall–Kier alpha value is -11.9. The Morgan fingerprint density at radius 1 is 0.580 bits per heavy atom. The predicted octanol–water partition coefficient (Wildman–Crippen LogP) is 21.3. The molecule has 0 saturated carbocycles. The van der Waals surface area contributed by atoms with Crippen LogP contribution in [0.15, 0.2) is 157 Å². The van der Waals surface area contributed by atoms with Crippen LogP contribution in [-0.2, 0) is 30.7 Å². The number of H-pyrrole nitrogens is 2. The monoisotopic (exact) mass is 1680 g/mol. The van der Waals surface area contributed by atoms with Crippen molar-refractivity contribution in [1.29, 1.82) is 0 Å². The van der Waals surface area contributed by atoms with Gasteiger partial charge in [0.15, 0.2) is 0 Å². The second kappa shape index (κ2) is 41.0. The number of anilines is 4. The Balaban J connectivity index is 0.000000185. The number of hydrogen-bond acceptors (Lipinski definition) is 14. The van der Waals surface area contributed by atoms with Gasteiger partial charge in [-0.2, -0.15) is 23.5 Å². The first kappa shape index (κ1) is 92.6. The van der Waals surface area contributed by atoms with Crippen LogP contribution in [0.1, 0.15) is 191 Å². The first-order valence-electron chi connectivity index (χ1n) is 37.7. The van der Waals surface area contributed by atoms with E-state index in [1.54, 1.807) is 59.2 Å². The topological polar surface area (TPSA) is 306 Å². The first-order valence-corrected chi connectivity index (χ1v) is 41.7. The number of aryl methyl sites for hydroxylation is 3. The predicted molar refractivity (Wildman–Crippen MR) is 493 cm³/mol. The number of likely N-dealkylation sites (N-methyl/N-ethyl adjacent to an activating group) is 1. The van der Waals surface area contributed by atoms with E-state index in [-0.39, 0.29) is 75.0 Å². The fourth-order valence-corrected chi connectivity index (χ4v) is 16.1. The van der Waals surface area contributed by atoms with Gasteiger partial charge in [-0.05, 0) is 219 Å². The standard InChI is InChI=1S/C22H27FN4O2.C21H23NO2.C19H19NO2S2.C15H14N2O.C14H9ClN2O3S.3CH4/c1-5-27(6-2)10-9-24-22(29)20-13(3)19(25-14(20)4)12-17-16-11-15(23)7-8-18(16)26-21(17)28;1-12(2)16-9-14(10-17(13(3)4)20(16)23)11-18-15-7-5-6-8-19(15)22-21(18)24;1-23-10-13-7-12(8-14(11-24-2)18(13)21)9-16-15-5-3-4-6-17(15)20-19(16)22;1-9-7-10(2)16-14(9)8-12-11-5-3-4-6-13(11)17-15(12)18;15-7-3-4-9-8(6-7)11(13(19)17(9)14(16)20)12(18)10-2-1-5-21-10;;;/h7-8,11-12,25H,5-6,9-10H2,1-4H3,(H,24,29)(H,26,28);5-13,23H,1-4H3,(H,22,24);3-9,21H,10-11H2,1-2H3,(H,20,22);3-8,16H,1-2H3,(H,17,18);1-6,19H,(H2,16,20);3*1H4/b17-12-;;;12-8-;;;;. The lowest BCUT2D eigenvalue weighted by atomic mass is 9.90. The summed E-state index contributed by atoms with van der Waals surface area (Å²) in [6.07, 6.45) is 11.4. The molecule has 0 unspecified atom stereocenters. The largest absolute Gasteiger partial charge is 0.507 e. The molecule has 0 saturated heterocycles. The molecule has 4 aromatic heterocycles. The number of rotatable bonds is 18. The summed E-state index contributed by atoms with van der Waals surface area (Å²) in [5.41, 5.74) is 26.1. The number of carbonyl (C=O) groups excluding carboxylic acids is 7. The Morgan fingerprint density at radius 3 is 1.52 bits per heavy atom. The molecule has 0 aliphatic carbocycles. The smallest absolute Gasteiger partial charge is 0.326 e. The van der Waals surface area contributed by atoms with E-state index in [2.05, 4.69) is 89.1 Å². The number of hydrogen-bond donors (Lipinski definition) is 11.